The monoisotopic (exact) mass is 412 g/mol. The number of aryl methyl sites for hydroxylation is 1. The van der Waals surface area contributed by atoms with E-state index in [4.69, 9.17) is 4.52 Å². The van der Waals surface area contributed by atoms with Gasteiger partial charge in [0.15, 0.2) is 5.82 Å². The van der Waals surface area contributed by atoms with Crippen LogP contribution in [0.2, 0.25) is 0 Å². The third-order valence-corrected chi connectivity index (χ3v) is 6.33. The summed E-state index contributed by atoms with van der Waals surface area (Å²) in [6.07, 6.45) is 8.16. The van der Waals surface area contributed by atoms with Gasteiger partial charge < -0.3 is 9.42 Å². The van der Waals surface area contributed by atoms with Crippen LogP contribution in [-0.2, 0) is 17.9 Å². The summed E-state index contributed by atoms with van der Waals surface area (Å²) in [5, 5.41) is 3.91. The van der Waals surface area contributed by atoms with Crippen molar-refractivity contribution in [1.82, 2.24) is 29.8 Å². The summed E-state index contributed by atoms with van der Waals surface area (Å²) in [5.74, 6) is 1.35. The van der Waals surface area contributed by atoms with Crippen LogP contribution in [0.25, 0.3) is 0 Å². The van der Waals surface area contributed by atoms with Crippen LogP contribution in [0.4, 0.5) is 0 Å². The first-order valence-corrected chi connectivity index (χ1v) is 11.0. The smallest absolute Gasteiger partial charge is 0.227 e. The molecule has 0 saturated carbocycles. The van der Waals surface area contributed by atoms with Crippen LogP contribution in [0.5, 0.6) is 0 Å². The number of hydrogen-bond acceptors (Lipinski definition) is 7. The molecule has 0 unspecified atom stereocenters. The molecule has 2 fully saturated rings. The van der Waals surface area contributed by atoms with E-state index >= 15 is 0 Å². The van der Waals surface area contributed by atoms with E-state index in [1.54, 1.807) is 11.8 Å². The number of piperidine rings is 2. The lowest BCUT2D eigenvalue weighted by molar-refractivity contribution is -0.137. The summed E-state index contributed by atoms with van der Waals surface area (Å²) in [5.41, 5.74) is 1.28. The normalized spacial score (nSPS) is 21.6. The average Bonchev–Trinajstić information content (AvgIpc) is 3.19. The van der Waals surface area contributed by atoms with Gasteiger partial charge >= 0.3 is 0 Å². The SMILES string of the molecule is Cc1nc(CN(C)C(=O)[C@H]2CCCN(C3CCN(Cc4cccnc4)CC3)C2)no1. The second-order valence-electron chi connectivity index (χ2n) is 8.63. The van der Waals surface area contributed by atoms with Crippen LogP contribution in [0, 0.1) is 12.8 Å². The van der Waals surface area contributed by atoms with E-state index < -0.39 is 0 Å². The topological polar surface area (TPSA) is 78.6 Å². The van der Waals surface area contributed by atoms with Crippen molar-refractivity contribution in [2.24, 2.45) is 5.92 Å². The van der Waals surface area contributed by atoms with Crippen LogP contribution >= 0.6 is 0 Å². The number of carbonyl (C=O) groups is 1. The van der Waals surface area contributed by atoms with Crippen LogP contribution in [-0.4, -0.2) is 75.0 Å². The highest BCUT2D eigenvalue weighted by Crippen LogP contribution is 2.25. The number of likely N-dealkylation sites (tertiary alicyclic amines) is 2. The largest absolute Gasteiger partial charge is 0.340 e. The number of aromatic nitrogens is 3. The maximum absolute atomic E-state index is 13.0. The molecule has 2 saturated heterocycles. The third kappa shape index (κ3) is 5.23. The molecule has 0 radical (unpaired) electrons. The molecule has 2 aromatic heterocycles. The average molecular weight is 413 g/mol. The second-order valence-corrected chi connectivity index (χ2v) is 8.63. The van der Waals surface area contributed by atoms with E-state index in [1.807, 2.05) is 25.5 Å². The Hall–Kier alpha value is -2.32. The van der Waals surface area contributed by atoms with Gasteiger partial charge in [-0.05, 0) is 56.9 Å². The summed E-state index contributed by atoms with van der Waals surface area (Å²) in [4.78, 5) is 28.2. The van der Waals surface area contributed by atoms with E-state index in [-0.39, 0.29) is 11.8 Å². The van der Waals surface area contributed by atoms with Gasteiger partial charge in [-0.3, -0.25) is 19.6 Å². The molecular weight excluding hydrogens is 380 g/mol. The minimum absolute atomic E-state index is 0.0603. The summed E-state index contributed by atoms with van der Waals surface area (Å²) in [6, 6.07) is 4.73. The molecule has 1 amide bonds. The Kier molecular flexibility index (Phi) is 6.74. The molecule has 0 N–H and O–H groups in total. The second kappa shape index (κ2) is 9.66. The molecule has 8 nitrogen and oxygen atoms in total. The summed E-state index contributed by atoms with van der Waals surface area (Å²) in [6.45, 7) is 7.31. The predicted molar refractivity (Wildman–Crippen MR) is 112 cm³/mol. The minimum atomic E-state index is 0.0603. The van der Waals surface area contributed by atoms with Gasteiger partial charge in [-0.25, -0.2) is 0 Å². The van der Waals surface area contributed by atoms with Crippen molar-refractivity contribution in [2.75, 3.05) is 33.2 Å². The number of nitrogens with zero attached hydrogens (tertiary/aromatic N) is 6. The Morgan fingerprint density at radius 3 is 2.80 bits per heavy atom. The molecule has 2 aliphatic rings. The van der Waals surface area contributed by atoms with E-state index in [0.29, 0.717) is 24.3 Å². The van der Waals surface area contributed by atoms with Crippen LogP contribution in [0.15, 0.2) is 29.0 Å². The first kappa shape index (κ1) is 20.9. The van der Waals surface area contributed by atoms with Gasteiger partial charge in [0.25, 0.3) is 0 Å². The van der Waals surface area contributed by atoms with E-state index in [9.17, 15) is 4.79 Å². The zero-order chi connectivity index (χ0) is 20.9. The van der Waals surface area contributed by atoms with Crippen LogP contribution < -0.4 is 0 Å². The molecule has 0 spiro atoms. The minimum Gasteiger partial charge on any atom is -0.340 e. The van der Waals surface area contributed by atoms with Crippen molar-refractivity contribution >= 4 is 5.91 Å². The molecule has 8 heteroatoms. The molecule has 4 heterocycles. The number of carbonyl (C=O) groups excluding carboxylic acids is 1. The zero-order valence-corrected chi connectivity index (χ0v) is 18.0. The Morgan fingerprint density at radius 1 is 1.27 bits per heavy atom. The number of rotatable bonds is 6. The van der Waals surface area contributed by atoms with Crippen LogP contribution in [0.1, 0.15) is 43.0 Å². The van der Waals surface area contributed by atoms with E-state index in [1.165, 1.54) is 18.4 Å². The van der Waals surface area contributed by atoms with Crippen molar-refractivity contribution in [1.29, 1.82) is 0 Å². The Morgan fingerprint density at radius 2 is 2.10 bits per heavy atom. The fourth-order valence-corrected chi connectivity index (χ4v) is 4.74. The molecule has 30 heavy (non-hydrogen) atoms. The van der Waals surface area contributed by atoms with Gasteiger partial charge in [0, 0.05) is 45.5 Å². The molecule has 4 rings (SSSR count). The fraction of sp³-hybridized carbons (Fsp3) is 0.636. The Balaban J connectivity index is 1.26. The summed E-state index contributed by atoms with van der Waals surface area (Å²) < 4.78 is 5.02. The molecule has 0 aliphatic carbocycles. The number of amides is 1. The lowest BCUT2D eigenvalue weighted by Crippen LogP contribution is -2.50. The Labute approximate surface area is 178 Å². The first-order chi connectivity index (χ1) is 14.6. The first-order valence-electron chi connectivity index (χ1n) is 11.0. The third-order valence-electron chi connectivity index (χ3n) is 6.33. The number of pyridine rings is 1. The van der Waals surface area contributed by atoms with Gasteiger partial charge in [0.1, 0.15) is 0 Å². The van der Waals surface area contributed by atoms with Gasteiger partial charge in [-0.1, -0.05) is 11.2 Å². The quantitative estimate of drug-likeness (QED) is 0.719. The molecular formula is C22H32N6O2. The van der Waals surface area contributed by atoms with E-state index in [0.717, 1.165) is 45.6 Å². The van der Waals surface area contributed by atoms with Gasteiger partial charge in [0.05, 0.1) is 12.5 Å². The molecule has 0 aromatic carbocycles. The highest BCUT2D eigenvalue weighted by molar-refractivity contribution is 5.78. The Bertz CT molecular complexity index is 818. The zero-order valence-electron chi connectivity index (χ0n) is 18.0. The fourth-order valence-electron chi connectivity index (χ4n) is 4.74. The predicted octanol–water partition coefficient (Wildman–Crippen LogP) is 2.11. The standard InChI is InChI=1S/C22H32N6O2/c1-17-24-21(25-30-17)16-26(2)22(29)19-6-4-10-28(15-19)20-7-11-27(12-8-20)14-18-5-3-9-23-13-18/h3,5,9,13,19-20H,4,6-8,10-12,14-16H2,1-2H3/t19-/m0/s1. The molecule has 162 valence electrons. The van der Waals surface area contributed by atoms with E-state index in [2.05, 4.69) is 31.0 Å². The van der Waals surface area contributed by atoms with Crippen LogP contribution in [0.3, 0.4) is 0 Å². The van der Waals surface area contributed by atoms with Crippen molar-refractivity contribution in [3.05, 3.63) is 41.8 Å². The van der Waals surface area contributed by atoms with Crippen molar-refractivity contribution in [2.45, 2.75) is 51.7 Å². The van der Waals surface area contributed by atoms with Crippen molar-refractivity contribution in [3.8, 4) is 0 Å². The maximum Gasteiger partial charge on any atom is 0.227 e. The lowest BCUT2D eigenvalue weighted by Gasteiger charge is -2.42. The maximum atomic E-state index is 13.0. The molecule has 2 aromatic rings. The highest BCUT2D eigenvalue weighted by Gasteiger charge is 2.33. The molecule has 2 aliphatic heterocycles. The van der Waals surface area contributed by atoms with Gasteiger partial charge in [-0.15, -0.1) is 0 Å². The highest BCUT2D eigenvalue weighted by atomic mass is 16.5. The van der Waals surface area contributed by atoms with Crippen molar-refractivity contribution < 1.29 is 9.32 Å². The summed E-state index contributed by atoms with van der Waals surface area (Å²) >= 11 is 0. The van der Waals surface area contributed by atoms with Gasteiger partial charge in [0.2, 0.25) is 11.8 Å². The number of hydrogen-bond donors (Lipinski definition) is 0. The van der Waals surface area contributed by atoms with Gasteiger partial charge in [-0.2, -0.15) is 4.98 Å². The molecule has 1 atom stereocenters. The van der Waals surface area contributed by atoms with Crippen molar-refractivity contribution in [3.63, 3.8) is 0 Å². The molecule has 0 bridgehead atoms. The summed E-state index contributed by atoms with van der Waals surface area (Å²) in [7, 11) is 1.84. The lowest BCUT2D eigenvalue weighted by atomic mass is 9.93.